The van der Waals surface area contributed by atoms with Crippen LogP contribution in [0.1, 0.15) is 19.5 Å². The second-order valence-corrected chi connectivity index (χ2v) is 6.80. The van der Waals surface area contributed by atoms with Crippen molar-refractivity contribution in [2.75, 3.05) is 26.2 Å². The zero-order valence-electron chi connectivity index (χ0n) is 11.3. The van der Waals surface area contributed by atoms with E-state index in [1.165, 1.54) is 16.6 Å². The molecule has 0 spiro atoms. The lowest BCUT2D eigenvalue weighted by molar-refractivity contribution is 0.135. The maximum atomic E-state index is 12.5. The summed E-state index contributed by atoms with van der Waals surface area (Å²) in [4.78, 5) is 5.26. The van der Waals surface area contributed by atoms with Crippen LogP contribution in [0, 0.1) is 0 Å². The number of aromatic amines is 1. The minimum atomic E-state index is -3.45. The van der Waals surface area contributed by atoms with Gasteiger partial charge in [0.2, 0.25) is 10.0 Å². The summed E-state index contributed by atoms with van der Waals surface area (Å²) < 4.78 is 26.4. The van der Waals surface area contributed by atoms with Gasteiger partial charge in [-0.25, -0.2) is 8.42 Å². The third-order valence-corrected chi connectivity index (χ3v) is 5.50. The summed E-state index contributed by atoms with van der Waals surface area (Å²) in [5.41, 5.74) is 0.513. The van der Waals surface area contributed by atoms with E-state index in [4.69, 9.17) is 5.11 Å². The highest BCUT2D eigenvalue weighted by atomic mass is 32.2. The number of rotatable bonds is 4. The van der Waals surface area contributed by atoms with Gasteiger partial charge in [0.1, 0.15) is 0 Å². The lowest BCUT2D eigenvalue weighted by Crippen LogP contribution is -2.53. The lowest BCUT2D eigenvalue weighted by atomic mass is 10.2. The van der Waals surface area contributed by atoms with E-state index in [0.29, 0.717) is 18.8 Å². The molecule has 1 aliphatic heterocycles. The van der Waals surface area contributed by atoms with Crippen molar-refractivity contribution in [2.24, 2.45) is 0 Å². The van der Waals surface area contributed by atoms with E-state index in [-0.39, 0.29) is 17.5 Å². The molecule has 1 unspecified atom stereocenters. The molecule has 1 fully saturated rings. The van der Waals surface area contributed by atoms with Crippen LogP contribution in [0.4, 0.5) is 0 Å². The first-order chi connectivity index (χ1) is 8.98. The Balaban J connectivity index is 2.17. The van der Waals surface area contributed by atoms with E-state index in [1.54, 1.807) is 0 Å². The SMILES string of the molecule is CCN1CCN(S(=O)(=O)c2c[nH]c(CO)c2)CC1C. The summed E-state index contributed by atoms with van der Waals surface area (Å²) in [6.07, 6.45) is 1.44. The number of piperazine rings is 1. The van der Waals surface area contributed by atoms with E-state index in [2.05, 4.69) is 16.8 Å². The molecule has 1 aromatic heterocycles. The molecule has 1 saturated heterocycles. The van der Waals surface area contributed by atoms with E-state index < -0.39 is 10.0 Å². The standard InChI is InChI=1S/C12H21N3O3S/c1-3-14-4-5-15(8-10(14)2)19(17,18)12-6-11(9-16)13-7-12/h6-7,10,13,16H,3-5,8-9H2,1-2H3. The molecular formula is C12H21N3O3S. The minimum Gasteiger partial charge on any atom is -0.390 e. The van der Waals surface area contributed by atoms with Crippen LogP contribution in [-0.2, 0) is 16.6 Å². The van der Waals surface area contributed by atoms with Crippen molar-refractivity contribution in [1.29, 1.82) is 0 Å². The highest BCUT2D eigenvalue weighted by molar-refractivity contribution is 7.89. The molecule has 7 heteroatoms. The number of aromatic nitrogens is 1. The third-order valence-electron chi connectivity index (χ3n) is 3.66. The van der Waals surface area contributed by atoms with E-state index in [9.17, 15) is 8.42 Å². The first-order valence-corrected chi connectivity index (χ1v) is 7.95. The van der Waals surface area contributed by atoms with Crippen LogP contribution < -0.4 is 0 Å². The molecule has 1 aromatic rings. The third kappa shape index (κ3) is 2.84. The van der Waals surface area contributed by atoms with Gasteiger partial charge in [-0.3, -0.25) is 4.90 Å². The van der Waals surface area contributed by atoms with E-state index in [1.807, 2.05) is 6.92 Å². The number of H-pyrrole nitrogens is 1. The van der Waals surface area contributed by atoms with Gasteiger partial charge in [0.05, 0.1) is 11.5 Å². The van der Waals surface area contributed by atoms with Gasteiger partial charge in [0.15, 0.2) is 0 Å². The number of nitrogens with one attached hydrogen (secondary N) is 1. The van der Waals surface area contributed by atoms with Crippen molar-refractivity contribution in [3.8, 4) is 0 Å². The Hall–Kier alpha value is -0.890. The van der Waals surface area contributed by atoms with Gasteiger partial charge in [0, 0.05) is 37.6 Å². The Bertz CT molecular complexity index is 526. The zero-order chi connectivity index (χ0) is 14.0. The Morgan fingerprint density at radius 3 is 2.74 bits per heavy atom. The zero-order valence-corrected chi connectivity index (χ0v) is 12.2. The molecule has 0 aliphatic carbocycles. The summed E-state index contributed by atoms with van der Waals surface area (Å²) in [6, 6.07) is 1.72. The minimum absolute atomic E-state index is 0.185. The fourth-order valence-corrected chi connectivity index (χ4v) is 3.99. The van der Waals surface area contributed by atoms with Gasteiger partial charge >= 0.3 is 0 Å². The van der Waals surface area contributed by atoms with Crippen LogP contribution in [-0.4, -0.2) is 59.9 Å². The number of likely N-dealkylation sites (N-methyl/N-ethyl adjacent to an activating group) is 1. The summed E-state index contributed by atoms with van der Waals surface area (Å²) in [5, 5.41) is 8.99. The summed E-state index contributed by atoms with van der Waals surface area (Å²) >= 11 is 0. The quantitative estimate of drug-likeness (QED) is 0.830. The lowest BCUT2D eigenvalue weighted by Gasteiger charge is -2.38. The van der Waals surface area contributed by atoms with Gasteiger partial charge in [-0.2, -0.15) is 4.31 Å². The monoisotopic (exact) mass is 287 g/mol. The van der Waals surface area contributed by atoms with Crippen LogP contribution in [0.5, 0.6) is 0 Å². The van der Waals surface area contributed by atoms with Gasteiger partial charge in [-0.1, -0.05) is 6.92 Å². The molecule has 2 heterocycles. The molecule has 0 saturated carbocycles. The normalized spacial score (nSPS) is 22.8. The van der Waals surface area contributed by atoms with Gasteiger partial charge in [-0.05, 0) is 19.5 Å². The molecule has 108 valence electrons. The van der Waals surface area contributed by atoms with Crippen LogP contribution in [0.25, 0.3) is 0 Å². The van der Waals surface area contributed by atoms with Gasteiger partial charge < -0.3 is 10.1 Å². The highest BCUT2D eigenvalue weighted by Gasteiger charge is 2.32. The Labute approximate surface area is 114 Å². The smallest absolute Gasteiger partial charge is 0.244 e. The molecule has 1 atom stereocenters. The summed E-state index contributed by atoms with van der Waals surface area (Å²) in [7, 11) is -3.45. The van der Waals surface area contributed by atoms with Crippen LogP contribution in [0.15, 0.2) is 17.2 Å². The predicted molar refractivity (Wildman–Crippen MR) is 72.2 cm³/mol. The maximum Gasteiger partial charge on any atom is 0.244 e. The molecule has 6 nitrogen and oxygen atoms in total. The number of aliphatic hydroxyl groups is 1. The Kier molecular flexibility index (Phi) is 4.29. The van der Waals surface area contributed by atoms with Crippen LogP contribution in [0.3, 0.4) is 0 Å². The van der Waals surface area contributed by atoms with E-state index >= 15 is 0 Å². The van der Waals surface area contributed by atoms with Crippen molar-refractivity contribution in [3.63, 3.8) is 0 Å². The average Bonchev–Trinajstić information content (AvgIpc) is 2.88. The van der Waals surface area contributed by atoms with Crippen molar-refractivity contribution in [2.45, 2.75) is 31.4 Å². The second-order valence-electron chi connectivity index (χ2n) is 4.86. The number of hydrogen-bond donors (Lipinski definition) is 2. The highest BCUT2D eigenvalue weighted by Crippen LogP contribution is 2.20. The van der Waals surface area contributed by atoms with Gasteiger partial charge in [-0.15, -0.1) is 0 Å². The number of nitrogens with zero attached hydrogens (tertiary/aromatic N) is 2. The molecule has 0 amide bonds. The van der Waals surface area contributed by atoms with Crippen molar-refractivity contribution < 1.29 is 13.5 Å². The molecule has 0 aromatic carbocycles. The Morgan fingerprint density at radius 2 is 2.21 bits per heavy atom. The second kappa shape index (κ2) is 5.62. The fourth-order valence-electron chi connectivity index (χ4n) is 2.46. The van der Waals surface area contributed by atoms with Crippen molar-refractivity contribution >= 4 is 10.0 Å². The van der Waals surface area contributed by atoms with Crippen LogP contribution >= 0.6 is 0 Å². The summed E-state index contributed by atoms with van der Waals surface area (Å²) in [6.45, 7) is 6.66. The Morgan fingerprint density at radius 1 is 1.47 bits per heavy atom. The number of hydrogen-bond acceptors (Lipinski definition) is 4. The van der Waals surface area contributed by atoms with E-state index in [0.717, 1.165) is 13.1 Å². The number of aliphatic hydroxyl groups excluding tert-OH is 1. The average molecular weight is 287 g/mol. The predicted octanol–water partition coefficient (Wildman–Crippen LogP) is 0.222. The largest absolute Gasteiger partial charge is 0.390 e. The van der Waals surface area contributed by atoms with Crippen molar-refractivity contribution in [1.82, 2.24) is 14.2 Å². The molecule has 1 aliphatic rings. The molecule has 0 bridgehead atoms. The topological polar surface area (TPSA) is 76.6 Å². The van der Waals surface area contributed by atoms with Crippen LogP contribution in [0.2, 0.25) is 0 Å². The molecule has 2 rings (SSSR count). The molecule has 0 radical (unpaired) electrons. The molecular weight excluding hydrogens is 266 g/mol. The molecule has 19 heavy (non-hydrogen) atoms. The first-order valence-electron chi connectivity index (χ1n) is 6.51. The van der Waals surface area contributed by atoms with Gasteiger partial charge in [0.25, 0.3) is 0 Å². The summed E-state index contributed by atoms with van der Waals surface area (Å²) in [5.74, 6) is 0. The van der Waals surface area contributed by atoms with Crippen molar-refractivity contribution in [3.05, 3.63) is 18.0 Å². The first kappa shape index (κ1) is 14.5. The number of sulfonamides is 1. The maximum absolute atomic E-state index is 12.5. The fraction of sp³-hybridized carbons (Fsp3) is 0.667. The molecule has 2 N–H and O–H groups in total.